The molecule has 0 aliphatic carbocycles. The summed E-state index contributed by atoms with van der Waals surface area (Å²) in [7, 11) is 0. The first-order valence-electron chi connectivity index (χ1n) is 10.1. The van der Waals surface area contributed by atoms with Crippen LogP contribution in [0.1, 0.15) is 18.1 Å². The Labute approximate surface area is 161 Å². The molecule has 0 saturated carbocycles. The van der Waals surface area contributed by atoms with E-state index in [1.54, 1.807) is 0 Å². The molecule has 148 valence electrons. The van der Waals surface area contributed by atoms with Crippen molar-refractivity contribution in [2.45, 2.75) is 43.9 Å². The molecular formula is C21H30N2O4. The summed E-state index contributed by atoms with van der Waals surface area (Å²) in [6, 6.07) is 8.98. The average Bonchev–Trinajstić information content (AvgIpc) is 3.48. The molecule has 4 fully saturated rings. The highest BCUT2D eigenvalue weighted by Gasteiger charge is 2.47. The van der Waals surface area contributed by atoms with E-state index in [4.69, 9.17) is 18.9 Å². The predicted octanol–water partition coefficient (Wildman–Crippen LogP) is 1.37. The van der Waals surface area contributed by atoms with E-state index in [0.717, 1.165) is 52.6 Å². The first-order chi connectivity index (χ1) is 13.1. The summed E-state index contributed by atoms with van der Waals surface area (Å²) in [6.07, 6.45) is 1.35. The second kappa shape index (κ2) is 7.10. The van der Waals surface area contributed by atoms with Crippen molar-refractivity contribution in [1.82, 2.24) is 9.80 Å². The molecule has 1 aromatic carbocycles. The van der Waals surface area contributed by atoms with E-state index in [-0.39, 0.29) is 5.66 Å². The van der Waals surface area contributed by atoms with Crippen molar-refractivity contribution in [3.05, 3.63) is 35.4 Å². The smallest absolute Gasteiger partial charge is 0.0975 e. The summed E-state index contributed by atoms with van der Waals surface area (Å²) in [5.74, 6) is 0. The fourth-order valence-corrected chi connectivity index (χ4v) is 3.97. The molecule has 6 heteroatoms. The topological polar surface area (TPSA) is 56.6 Å². The van der Waals surface area contributed by atoms with Gasteiger partial charge in [0.25, 0.3) is 0 Å². The summed E-state index contributed by atoms with van der Waals surface area (Å²) >= 11 is 0. The zero-order chi connectivity index (χ0) is 18.4. The number of ether oxygens (including phenoxy) is 4. The van der Waals surface area contributed by atoms with Crippen LogP contribution in [0.25, 0.3) is 0 Å². The van der Waals surface area contributed by atoms with E-state index in [0.29, 0.717) is 24.4 Å². The number of hydrogen-bond acceptors (Lipinski definition) is 6. The molecule has 4 saturated heterocycles. The van der Waals surface area contributed by atoms with E-state index in [1.807, 2.05) is 0 Å². The molecule has 6 nitrogen and oxygen atoms in total. The maximum absolute atomic E-state index is 5.61. The van der Waals surface area contributed by atoms with Gasteiger partial charge in [-0.05, 0) is 19.4 Å². The molecule has 4 aliphatic heterocycles. The molecule has 0 N–H and O–H groups in total. The third-order valence-corrected chi connectivity index (χ3v) is 6.14. The summed E-state index contributed by atoms with van der Waals surface area (Å²) in [6.45, 7) is 11.7. The van der Waals surface area contributed by atoms with Gasteiger partial charge < -0.3 is 18.9 Å². The first-order valence-corrected chi connectivity index (χ1v) is 10.1. The quantitative estimate of drug-likeness (QED) is 0.431. The van der Waals surface area contributed by atoms with E-state index < -0.39 is 0 Å². The lowest BCUT2D eigenvalue weighted by molar-refractivity contribution is -0.0639. The second-order valence-corrected chi connectivity index (χ2v) is 8.52. The Morgan fingerprint density at radius 3 is 1.37 bits per heavy atom. The third-order valence-electron chi connectivity index (χ3n) is 6.14. The minimum absolute atomic E-state index is 0.247. The van der Waals surface area contributed by atoms with Gasteiger partial charge in [0.1, 0.15) is 0 Å². The number of aryl methyl sites for hydroxylation is 1. The fourth-order valence-electron chi connectivity index (χ4n) is 3.97. The standard InChI is InChI=1S/C21H30N2O4/c1-15-3-5-16(6-4-15)21(2,22(7-17-11-24-17)8-18-12-25-18)23(9-19-13-26-19)10-20-14-27-20/h3-6,17-20H,7-14H2,1-2H3. The molecule has 0 amide bonds. The molecule has 0 spiro atoms. The van der Waals surface area contributed by atoms with Crippen LogP contribution in [0.3, 0.4) is 0 Å². The van der Waals surface area contributed by atoms with E-state index in [1.165, 1.54) is 11.1 Å². The second-order valence-electron chi connectivity index (χ2n) is 8.52. The summed E-state index contributed by atoms with van der Waals surface area (Å²) in [4.78, 5) is 5.13. The number of hydrogen-bond donors (Lipinski definition) is 0. The van der Waals surface area contributed by atoms with Gasteiger partial charge in [-0.1, -0.05) is 29.8 Å². The molecule has 4 atom stereocenters. The van der Waals surface area contributed by atoms with E-state index in [9.17, 15) is 0 Å². The Morgan fingerprint density at radius 2 is 1.07 bits per heavy atom. The number of rotatable bonds is 11. The number of benzene rings is 1. The molecule has 4 aliphatic rings. The molecule has 0 radical (unpaired) electrons. The monoisotopic (exact) mass is 374 g/mol. The minimum Gasteiger partial charge on any atom is -0.372 e. The Bertz CT molecular complexity index is 591. The zero-order valence-electron chi connectivity index (χ0n) is 16.3. The molecule has 0 bridgehead atoms. The van der Waals surface area contributed by atoms with Crippen LogP contribution in [0, 0.1) is 6.92 Å². The molecule has 5 rings (SSSR count). The van der Waals surface area contributed by atoms with Gasteiger partial charge in [0.2, 0.25) is 0 Å². The maximum atomic E-state index is 5.61. The predicted molar refractivity (Wildman–Crippen MR) is 101 cm³/mol. The van der Waals surface area contributed by atoms with Crippen molar-refractivity contribution in [2.75, 3.05) is 52.6 Å². The van der Waals surface area contributed by atoms with Crippen molar-refractivity contribution in [3.8, 4) is 0 Å². The molecule has 27 heavy (non-hydrogen) atoms. The lowest BCUT2D eigenvalue weighted by Gasteiger charge is -2.49. The number of epoxide rings is 4. The van der Waals surface area contributed by atoms with Gasteiger partial charge >= 0.3 is 0 Å². The van der Waals surface area contributed by atoms with Crippen LogP contribution in [0.5, 0.6) is 0 Å². The summed E-state index contributed by atoms with van der Waals surface area (Å²) in [5.41, 5.74) is 2.35. The molecule has 1 aromatic rings. The van der Waals surface area contributed by atoms with E-state index >= 15 is 0 Å². The van der Waals surface area contributed by atoms with Gasteiger partial charge in [-0.15, -0.1) is 0 Å². The van der Waals surface area contributed by atoms with Crippen LogP contribution >= 0.6 is 0 Å². The van der Waals surface area contributed by atoms with Gasteiger partial charge in [-0.2, -0.15) is 0 Å². The SMILES string of the molecule is Cc1ccc(C(C)(N(CC2CO2)CC2CO2)N(CC2CO2)CC2CO2)cc1. The van der Waals surface area contributed by atoms with Crippen LogP contribution < -0.4 is 0 Å². The highest BCUT2D eigenvalue weighted by Crippen LogP contribution is 2.37. The lowest BCUT2D eigenvalue weighted by atomic mass is 9.94. The highest BCUT2D eigenvalue weighted by molar-refractivity contribution is 5.28. The van der Waals surface area contributed by atoms with Gasteiger partial charge in [-0.25, -0.2) is 0 Å². The lowest BCUT2D eigenvalue weighted by Crippen LogP contribution is -2.60. The van der Waals surface area contributed by atoms with Crippen molar-refractivity contribution < 1.29 is 18.9 Å². The summed E-state index contributed by atoms with van der Waals surface area (Å²) in [5, 5.41) is 0. The van der Waals surface area contributed by atoms with Gasteiger partial charge in [0, 0.05) is 26.2 Å². The Balaban J connectivity index is 1.49. The van der Waals surface area contributed by atoms with Gasteiger partial charge in [-0.3, -0.25) is 9.80 Å². The molecule has 0 aromatic heterocycles. The van der Waals surface area contributed by atoms with Gasteiger partial charge in [0.05, 0.1) is 56.5 Å². The van der Waals surface area contributed by atoms with Crippen LogP contribution in [0.2, 0.25) is 0 Å². The fraction of sp³-hybridized carbons (Fsp3) is 0.714. The number of nitrogens with zero attached hydrogens (tertiary/aromatic N) is 2. The van der Waals surface area contributed by atoms with Crippen LogP contribution in [0.15, 0.2) is 24.3 Å². The van der Waals surface area contributed by atoms with E-state index in [2.05, 4.69) is 47.9 Å². The zero-order valence-corrected chi connectivity index (χ0v) is 16.3. The van der Waals surface area contributed by atoms with Crippen molar-refractivity contribution in [1.29, 1.82) is 0 Å². The average molecular weight is 374 g/mol. The van der Waals surface area contributed by atoms with Crippen LogP contribution in [0.4, 0.5) is 0 Å². The van der Waals surface area contributed by atoms with Crippen molar-refractivity contribution in [3.63, 3.8) is 0 Å². The molecule has 4 unspecified atom stereocenters. The minimum atomic E-state index is -0.247. The highest BCUT2D eigenvalue weighted by atomic mass is 16.6. The Kier molecular flexibility index (Phi) is 4.74. The molecule has 4 heterocycles. The van der Waals surface area contributed by atoms with Crippen LogP contribution in [-0.4, -0.2) is 86.8 Å². The Hall–Kier alpha value is -1.02. The normalized spacial score (nSPS) is 33.2. The van der Waals surface area contributed by atoms with Crippen molar-refractivity contribution in [2.24, 2.45) is 0 Å². The van der Waals surface area contributed by atoms with Gasteiger partial charge in [0.15, 0.2) is 0 Å². The van der Waals surface area contributed by atoms with Crippen molar-refractivity contribution >= 4 is 0 Å². The maximum Gasteiger partial charge on any atom is 0.0975 e. The first kappa shape index (κ1) is 18.0. The largest absolute Gasteiger partial charge is 0.372 e. The summed E-state index contributed by atoms with van der Waals surface area (Å²) < 4.78 is 22.4. The molecular weight excluding hydrogens is 344 g/mol. The Morgan fingerprint density at radius 1 is 0.741 bits per heavy atom. The third kappa shape index (κ3) is 4.36. The van der Waals surface area contributed by atoms with Crippen LogP contribution in [-0.2, 0) is 24.6 Å².